The first-order valence-electron chi connectivity index (χ1n) is 8.92. The number of likely N-dealkylation sites (N-methyl/N-ethyl adjacent to an activating group) is 1. The molecule has 1 saturated heterocycles. The van der Waals surface area contributed by atoms with Crippen molar-refractivity contribution < 1.29 is 8.42 Å². The number of thiophene rings is 1. The number of hydrogen-bond acceptors (Lipinski definition) is 5. The van der Waals surface area contributed by atoms with Gasteiger partial charge in [-0.3, -0.25) is 4.90 Å². The first-order chi connectivity index (χ1) is 12.4. The van der Waals surface area contributed by atoms with E-state index >= 15 is 0 Å². The van der Waals surface area contributed by atoms with Crippen LogP contribution in [0.5, 0.6) is 0 Å². The van der Waals surface area contributed by atoms with Gasteiger partial charge in [-0.2, -0.15) is 0 Å². The quantitative estimate of drug-likeness (QED) is 0.785. The van der Waals surface area contributed by atoms with Crippen molar-refractivity contribution in [1.82, 2.24) is 14.5 Å². The summed E-state index contributed by atoms with van der Waals surface area (Å²) in [6, 6.07) is 11.9. The van der Waals surface area contributed by atoms with Crippen LogP contribution in [0.2, 0.25) is 0 Å². The fraction of sp³-hybridized carbons (Fsp3) is 0.474. The summed E-state index contributed by atoms with van der Waals surface area (Å²) in [7, 11) is -1.25. The Labute approximate surface area is 160 Å². The molecule has 0 radical (unpaired) electrons. The third kappa shape index (κ3) is 5.14. The molecule has 1 N–H and O–H groups in total. The standard InChI is InChI=1S/C19H27N3O2S2/c1-16-6-3-4-7-17(16)15-26(23,24)20-14-18(19-8-5-13-25-19)22-11-9-21(2)10-12-22/h3-8,13,18,20H,9-12,14-15H2,1-2H3. The van der Waals surface area contributed by atoms with Gasteiger partial charge < -0.3 is 4.90 Å². The van der Waals surface area contributed by atoms with E-state index in [0.29, 0.717) is 6.54 Å². The van der Waals surface area contributed by atoms with Gasteiger partial charge in [-0.25, -0.2) is 13.1 Å². The van der Waals surface area contributed by atoms with E-state index in [9.17, 15) is 8.42 Å². The molecule has 1 aliphatic rings. The van der Waals surface area contributed by atoms with Crippen LogP contribution in [0.1, 0.15) is 22.0 Å². The molecular formula is C19H27N3O2S2. The predicted molar refractivity (Wildman–Crippen MR) is 108 cm³/mol. The highest BCUT2D eigenvalue weighted by Crippen LogP contribution is 2.26. The molecule has 0 saturated carbocycles. The van der Waals surface area contributed by atoms with Crippen LogP contribution in [0.4, 0.5) is 0 Å². The maximum Gasteiger partial charge on any atom is 0.215 e. The number of benzene rings is 1. The number of rotatable bonds is 7. The van der Waals surface area contributed by atoms with E-state index in [2.05, 4.69) is 33.0 Å². The van der Waals surface area contributed by atoms with Crippen molar-refractivity contribution in [3.63, 3.8) is 0 Å². The molecule has 1 aromatic heterocycles. The molecule has 26 heavy (non-hydrogen) atoms. The number of nitrogens with zero attached hydrogens (tertiary/aromatic N) is 2. The highest BCUT2D eigenvalue weighted by molar-refractivity contribution is 7.88. The minimum atomic E-state index is -3.38. The molecule has 2 heterocycles. The highest BCUT2D eigenvalue weighted by Gasteiger charge is 2.26. The van der Waals surface area contributed by atoms with E-state index in [1.54, 1.807) is 11.3 Å². The lowest BCUT2D eigenvalue weighted by Gasteiger charge is -2.37. The molecule has 1 fully saturated rings. The molecule has 2 aromatic rings. The second-order valence-electron chi connectivity index (χ2n) is 6.90. The number of aryl methyl sites for hydroxylation is 1. The average molecular weight is 394 g/mol. The van der Waals surface area contributed by atoms with E-state index in [-0.39, 0.29) is 11.8 Å². The van der Waals surface area contributed by atoms with Crippen molar-refractivity contribution in [2.24, 2.45) is 0 Å². The predicted octanol–water partition coefficient (Wildman–Crippen LogP) is 2.46. The molecule has 1 aliphatic heterocycles. The molecule has 0 aliphatic carbocycles. The largest absolute Gasteiger partial charge is 0.304 e. The molecule has 3 rings (SSSR count). The fourth-order valence-electron chi connectivity index (χ4n) is 3.26. The Morgan fingerprint density at radius 2 is 1.85 bits per heavy atom. The second-order valence-corrected chi connectivity index (χ2v) is 9.69. The number of sulfonamides is 1. The van der Waals surface area contributed by atoms with Gasteiger partial charge in [0, 0.05) is 37.6 Å². The minimum Gasteiger partial charge on any atom is -0.304 e. The molecule has 1 atom stereocenters. The molecule has 1 unspecified atom stereocenters. The molecule has 0 bridgehead atoms. The Bertz CT molecular complexity index is 798. The van der Waals surface area contributed by atoms with E-state index < -0.39 is 10.0 Å². The second kappa shape index (κ2) is 8.63. The maximum atomic E-state index is 12.6. The van der Waals surface area contributed by atoms with Gasteiger partial charge in [0.05, 0.1) is 11.8 Å². The van der Waals surface area contributed by atoms with E-state index in [1.807, 2.05) is 37.3 Å². The van der Waals surface area contributed by atoms with Gasteiger partial charge in [-0.05, 0) is 36.5 Å². The first-order valence-corrected chi connectivity index (χ1v) is 11.5. The lowest BCUT2D eigenvalue weighted by Crippen LogP contribution is -2.48. The van der Waals surface area contributed by atoms with Gasteiger partial charge in [0.1, 0.15) is 0 Å². The van der Waals surface area contributed by atoms with Crippen LogP contribution in [-0.2, 0) is 15.8 Å². The third-order valence-electron chi connectivity index (χ3n) is 4.95. The van der Waals surface area contributed by atoms with Crippen molar-refractivity contribution in [2.45, 2.75) is 18.7 Å². The molecule has 7 heteroatoms. The zero-order valence-corrected chi connectivity index (χ0v) is 17.0. The minimum absolute atomic E-state index is 0.0274. The third-order valence-corrected chi connectivity index (χ3v) is 7.22. The molecule has 0 amide bonds. The SMILES string of the molecule is Cc1ccccc1CS(=O)(=O)NCC(c1cccs1)N1CCN(C)CC1. The monoisotopic (exact) mass is 393 g/mol. The summed E-state index contributed by atoms with van der Waals surface area (Å²) >= 11 is 1.69. The van der Waals surface area contributed by atoms with Gasteiger partial charge in [0.15, 0.2) is 0 Å². The van der Waals surface area contributed by atoms with Crippen molar-refractivity contribution in [3.8, 4) is 0 Å². The molecule has 142 valence electrons. The van der Waals surface area contributed by atoms with Crippen LogP contribution in [-0.4, -0.2) is 58.0 Å². The molecule has 0 spiro atoms. The van der Waals surface area contributed by atoms with Crippen LogP contribution in [0, 0.1) is 6.92 Å². The van der Waals surface area contributed by atoms with E-state index in [1.165, 1.54) is 4.88 Å². The highest BCUT2D eigenvalue weighted by atomic mass is 32.2. The Hall–Kier alpha value is -1.25. The Kier molecular flexibility index (Phi) is 6.47. The van der Waals surface area contributed by atoms with Crippen molar-refractivity contribution in [2.75, 3.05) is 39.8 Å². The Balaban J connectivity index is 1.68. The zero-order chi connectivity index (χ0) is 18.6. The molecule has 1 aromatic carbocycles. The summed E-state index contributed by atoms with van der Waals surface area (Å²) < 4.78 is 28.1. The van der Waals surface area contributed by atoms with Crippen LogP contribution in [0.3, 0.4) is 0 Å². The zero-order valence-electron chi connectivity index (χ0n) is 15.4. The van der Waals surface area contributed by atoms with Gasteiger partial charge in [0.2, 0.25) is 10.0 Å². The Morgan fingerprint density at radius 1 is 1.12 bits per heavy atom. The average Bonchev–Trinajstić information content (AvgIpc) is 3.13. The number of piperazine rings is 1. The first kappa shape index (κ1) is 19.5. The van der Waals surface area contributed by atoms with E-state index in [4.69, 9.17) is 0 Å². The normalized spacial score (nSPS) is 18.1. The number of nitrogens with one attached hydrogen (secondary N) is 1. The smallest absolute Gasteiger partial charge is 0.215 e. The summed E-state index contributed by atoms with van der Waals surface area (Å²) in [5.74, 6) is 0.0274. The van der Waals surface area contributed by atoms with Gasteiger partial charge in [-0.15, -0.1) is 11.3 Å². The summed E-state index contributed by atoms with van der Waals surface area (Å²) in [6.45, 7) is 6.30. The van der Waals surface area contributed by atoms with Gasteiger partial charge >= 0.3 is 0 Å². The van der Waals surface area contributed by atoms with Crippen molar-refractivity contribution >= 4 is 21.4 Å². The lowest BCUT2D eigenvalue weighted by atomic mass is 10.1. The topological polar surface area (TPSA) is 52.7 Å². The van der Waals surface area contributed by atoms with Gasteiger partial charge in [0.25, 0.3) is 0 Å². The van der Waals surface area contributed by atoms with Crippen LogP contribution < -0.4 is 4.72 Å². The summed E-state index contributed by atoms with van der Waals surface area (Å²) in [5, 5.41) is 2.06. The Morgan fingerprint density at radius 3 is 2.50 bits per heavy atom. The van der Waals surface area contributed by atoms with Gasteiger partial charge in [-0.1, -0.05) is 30.3 Å². The van der Waals surface area contributed by atoms with Crippen LogP contribution in [0.25, 0.3) is 0 Å². The lowest BCUT2D eigenvalue weighted by molar-refractivity contribution is 0.114. The summed E-state index contributed by atoms with van der Waals surface area (Å²) in [6.07, 6.45) is 0. The van der Waals surface area contributed by atoms with E-state index in [0.717, 1.165) is 37.3 Å². The number of hydrogen-bond donors (Lipinski definition) is 1. The van der Waals surface area contributed by atoms with Crippen LogP contribution in [0.15, 0.2) is 41.8 Å². The van der Waals surface area contributed by atoms with Crippen molar-refractivity contribution in [1.29, 1.82) is 0 Å². The van der Waals surface area contributed by atoms with Crippen LogP contribution >= 0.6 is 11.3 Å². The maximum absolute atomic E-state index is 12.6. The molecular weight excluding hydrogens is 366 g/mol. The summed E-state index contributed by atoms with van der Waals surface area (Å²) in [4.78, 5) is 5.92. The summed E-state index contributed by atoms with van der Waals surface area (Å²) in [5.41, 5.74) is 1.86. The molecule has 5 nitrogen and oxygen atoms in total. The fourth-order valence-corrected chi connectivity index (χ4v) is 5.37. The van der Waals surface area contributed by atoms with Crippen molar-refractivity contribution in [3.05, 3.63) is 57.8 Å².